The Morgan fingerprint density at radius 3 is 2.11 bits per heavy atom. The molecule has 0 heterocycles. The van der Waals surface area contributed by atoms with E-state index in [0.717, 1.165) is 32.1 Å². The standard InChI is InChI=1S/C15H30O3/c1-4-5-6-7-10-13(16)11-8-9-12-15(2,3)14(17)18/h13,16H,4-12H2,1-3H3,(H,17,18). The number of aliphatic hydroxyl groups is 1. The Hall–Kier alpha value is -0.570. The third-order valence-corrected chi connectivity index (χ3v) is 3.56. The maximum absolute atomic E-state index is 10.9. The van der Waals surface area contributed by atoms with Gasteiger partial charge in [-0.3, -0.25) is 4.79 Å². The van der Waals surface area contributed by atoms with Gasteiger partial charge in [-0.1, -0.05) is 45.4 Å². The van der Waals surface area contributed by atoms with Gasteiger partial charge >= 0.3 is 5.97 Å². The number of aliphatic carboxylic acids is 1. The summed E-state index contributed by atoms with van der Waals surface area (Å²) in [6, 6.07) is 0. The average Bonchev–Trinajstić information content (AvgIpc) is 2.30. The molecule has 0 aromatic carbocycles. The first-order valence-corrected chi connectivity index (χ1v) is 7.31. The van der Waals surface area contributed by atoms with Crippen molar-refractivity contribution in [2.75, 3.05) is 0 Å². The van der Waals surface area contributed by atoms with Gasteiger partial charge in [-0.2, -0.15) is 0 Å². The van der Waals surface area contributed by atoms with Gasteiger partial charge in [0.15, 0.2) is 0 Å². The minimum absolute atomic E-state index is 0.199. The molecule has 3 heteroatoms. The third kappa shape index (κ3) is 8.51. The van der Waals surface area contributed by atoms with Gasteiger partial charge in [0.1, 0.15) is 0 Å². The van der Waals surface area contributed by atoms with Crippen molar-refractivity contribution in [1.29, 1.82) is 0 Å². The lowest BCUT2D eigenvalue weighted by molar-refractivity contribution is -0.147. The van der Waals surface area contributed by atoms with E-state index in [2.05, 4.69) is 6.92 Å². The molecule has 0 aliphatic heterocycles. The summed E-state index contributed by atoms with van der Waals surface area (Å²) < 4.78 is 0. The van der Waals surface area contributed by atoms with E-state index < -0.39 is 11.4 Å². The maximum atomic E-state index is 10.9. The zero-order chi connectivity index (χ0) is 14.0. The number of rotatable bonds is 11. The summed E-state index contributed by atoms with van der Waals surface area (Å²) in [5.41, 5.74) is -0.633. The monoisotopic (exact) mass is 258 g/mol. The van der Waals surface area contributed by atoms with Gasteiger partial charge in [0, 0.05) is 0 Å². The van der Waals surface area contributed by atoms with Crippen molar-refractivity contribution in [3.8, 4) is 0 Å². The summed E-state index contributed by atoms with van der Waals surface area (Å²) in [5.74, 6) is -0.734. The highest BCUT2D eigenvalue weighted by atomic mass is 16.4. The smallest absolute Gasteiger partial charge is 0.309 e. The number of unbranched alkanes of at least 4 members (excludes halogenated alkanes) is 4. The van der Waals surface area contributed by atoms with E-state index in [-0.39, 0.29) is 6.10 Å². The van der Waals surface area contributed by atoms with E-state index in [1.807, 2.05) is 0 Å². The highest BCUT2D eigenvalue weighted by molar-refractivity contribution is 5.73. The minimum atomic E-state index is -0.734. The van der Waals surface area contributed by atoms with Crippen molar-refractivity contribution in [2.24, 2.45) is 5.41 Å². The highest BCUT2D eigenvalue weighted by Gasteiger charge is 2.26. The normalized spacial score (nSPS) is 13.6. The lowest BCUT2D eigenvalue weighted by Crippen LogP contribution is -2.23. The van der Waals surface area contributed by atoms with Crippen LogP contribution in [0.2, 0.25) is 0 Å². The van der Waals surface area contributed by atoms with Crippen LogP contribution in [0.1, 0.15) is 78.6 Å². The third-order valence-electron chi connectivity index (χ3n) is 3.56. The number of carbonyl (C=O) groups is 1. The van der Waals surface area contributed by atoms with Crippen molar-refractivity contribution in [2.45, 2.75) is 84.7 Å². The van der Waals surface area contributed by atoms with Gasteiger partial charge in [0.2, 0.25) is 0 Å². The Labute approximate surface area is 112 Å². The Bertz CT molecular complexity index is 224. The highest BCUT2D eigenvalue weighted by Crippen LogP contribution is 2.24. The topological polar surface area (TPSA) is 57.5 Å². The first-order chi connectivity index (χ1) is 8.40. The molecular formula is C15H30O3. The molecule has 18 heavy (non-hydrogen) atoms. The molecule has 108 valence electrons. The number of carboxylic acids is 1. The van der Waals surface area contributed by atoms with E-state index in [1.54, 1.807) is 13.8 Å². The van der Waals surface area contributed by atoms with Crippen molar-refractivity contribution in [3.63, 3.8) is 0 Å². The summed E-state index contributed by atoms with van der Waals surface area (Å²) in [6.07, 6.45) is 8.77. The van der Waals surface area contributed by atoms with Crippen molar-refractivity contribution < 1.29 is 15.0 Å². The second-order valence-electron chi connectivity index (χ2n) is 5.94. The molecule has 0 saturated carbocycles. The van der Waals surface area contributed by atoms with Crippen LogP contribution in [0, 0.1) is 5.41 Å². The van der Waals surface area contributed by atoms with Gasteiger partial charge in [-0.15, -0.1) is 0 Å². The summed E-state index contributed by atoms with van der Waals surface area (Å²) in [7, 11) is 0. The lowest BCUT2D eigenvalue weighted by Gasteiger charge is -2.19. The molecule has 0 amide bonds. The molecule has 0 aliphatic rings. The minimum Gasteiger partial charge on any atom is -0.481 e. The van der Waals surface area contributed by atoms with E-state index in [0.29, 0.717) is 6.42 Å². The zero-order valence-electron chi connectivity index (χ0n) is 12.2. The molecule has 0 spiro atoms. The second-order valence-corrected chi connectivity index (χ2v) is 5.94. The van der Waals surface area contributed by atoms with E-state index in [9.17, 15) is 9.90 Å². The number of hydrogen-bond acceptors (Lipinski definition) is 2. The van der Waals surface area contributed by atoms with Crippen LogP contribution in [0.15, 0.2) is 0 Å². The summed E-state index contributed by atoms with van der Waals surface area (Å²) in [5, 5.41) is 18.7. The molecule has 1 unspecified atom stereocenters. The Morgan fingerprint density at radius 2 is 1.61 bits per heavy atom. The van der Waals surface area contributed by atoms with Gasteiger partial charge in [0.05, 0.1) is 11.5 Å². The fourth-order valence-corrected chi connectivity index (χ4v) is 2.00. The molecular weight excluding hydrogens is 228 g/mol. The molecule has 0 aliphatic carbocycles. The van der Waals surface area contributed by atoms with Gasteiger partial charge in [-0.05, 0) is 33.1 Å². The van der Waals surface area contributed by atoms with Crippen LogP contribution in [-0.4, -0.2) is 22.3 Å². The molecule has 2 N–H and O–H groups in total. The van der Waals surface area contributed by atoms with Crippen molar-refractivity contribution in [1.82, 2.24) is 0 Å². The van der Waals surface area contributed by atoms with Crippen LogP contribution >= 0.6 is 0 Å². The first kappa shape index (κ1) is 17.4. The van der Waals surface area contributed by atoms with Gasteiger partial charge in [0.25, 0.3) is 0 Å². The lowest BCUT2D eigenvalue weighted by atomic mass is 9.87. The molecule has 0 radical (unpaired) electrons. The maximum Gasteiger partial charge on any atom is 0.309 e. The van der Waals surface area contributed by atoms with Crippen LogP contribution in [0.4, 0.5) is 0 Å². The molecule has 3 nitrogen and oxygen atoms in total. The molecule has 0 aromatic rings. The summed E-state index contributed by atoms with van der Waals surface area (Å²) in [6.45, 7) is 5.70. The van der Waals surface area contributed by atoms with E-state index in [1.165, 1.54) is 19.3 Å². The first-order valence-electron chi connectivity index (χ1n) is 7.31. The molecule has 0 saturated heterocycles. The Balaban J connectivity index is 3.51. The number of aliphatic hydroxyl groups excluding tert-OH is 1. The SMILES string of the molecule is CCCCCCC(O)CCCCC(C)(C)C(=O)O. The fraction of sp³-hybridized carbons (Fsp3) is 0.933. The number of hydrogen-bond donors (Lipinski definition) is 2. The Morgan fingerprint density at radius 1 is 1.06 bits per heavy atom. The van der Waals surface area contributed by atoms with Crippen LogP contribution in [0.3, 0.4) is 0 Å². The molecule has 0 aromatic heterocycles. The van der Waals surface area contributed by atoms with Crippen molar-refractivity contribution >= 4 is 5.97 Å². The fourth-order valence-electron chi connectivity index (χ4n) is 2.00. The quantitative estimate of drug-likeness (QED) is 0.551. The van der Waals surface area contributed by atoms with Crippen LogP contribution in [0.5, 0.6) is 0 Å². The van der Waals surface area contributed by atoms with Crippen LogP contribution in [0.25, 0.3) is 0 Å². The van der Waals surface area contributed by atoms with Gasteiger partial charge in [-0.25, -0.2) is 0 Å². The van der Waals surface area contributed by atoms with Crippen LogP contribution in [-0.2, 0) is 4.79 Å². The summed E-state index contributed by atoms with van der Waals surface area (Å²) in [4.78, 5) is 10.9. The predicted molar refractivity (Wildman–Crippen MR) is 74.7 cm³/mol. The number of carboxylic acid groups (broad SMARTS) is 1. The van der Waals surface area contributed by atoms with E-state index >= 15 is 0 Å². The molecule has 0 fully saturated rings. The van der Waals surface area contributed by atoms with Crippen molar-refractivity contribution in [3.05, 3.63) is 0 Å². The molecule has 0 rings (SSSR count). The predicted octanol–water partition coefficient (Wildman–Crippen LogP) is 3.99. The zero-order valence-corrected chi connectivity index (χ0v) is 12.2. The van der Waals surface area contributed by atoms with E-state index in [4.69, 9.17) is 5.11 Å². The average molecular weight is 258 g/mol. The van der Waals surface area contributed by atoms with Gasteiger partial charge < -0.3 is 10.2 Å². The second kappa shape index (κ2) is 9.37. The molecule has 0 bridgehead atoms. The summed E-state index contributed by atoms with van der Waals surface area (Å²) >= 11 is 0. The Kier molecular flexibility index (Phi) is 9.08. The largest absolute Gasteiger partial charge is 0.481 e. The molecule has 1 atom stereocenters. The van der Waals surface area contributed by atoms with Crippen LogP contribution < -0.4 is 0 Å².